The van der Waals surface area contributed by atoms with Gasteiger partial charge in [0.15, 0.2) is 0 Å². The largest absolute Gasteiger partial charge is 0.404 e. The lowest BCUT2D eigenvalue weighted by Gasteiger charge is -1.91. The molecule has 0 fully saturated rings. The Balaban J connectivity index is 2.67. The second kappa shape index (κ2) is 4.77. The van der Waals surface area contributed by atoms with E-state index in [0.717, 1.165) is 6.42 Å². The summed E-state index contributed by atoms with van der Waals surface area (Å²) in [6, 6.07) is 0. The zero-order valence-corrected chi connectivity index (χ0v) is 8.90. The van der Waals surface area contributed by atoms with E-state index in [-0.39, 0.29) is 5.82 Å². The van der Waals surface area contributed by atoms with Gasteiger partial charge in [0.05, 0.1) is 17.8 Å². The smallest absolute Gasteiger partial charge is 0.358 e. The number of terminal acetylenes is 1. The standard InChI is InChI=1S/C8H8BrN3O2/c1-2-3-4-5-11-6-7(9)8(10-11)12(13)14/h1,6H,3-5H2. The fourth-order valence-corrected chi connectivity index (χ4v) is 1.43. The van der Waals surface area contributed by atoms with Crippen molar-refractivity contribution in [2.24, 2.45) is 0 Å². The second-order valence-electron chi connectivity index (χ2n) is 2.63. The van der Waals surface area contributed by atoms with Crippen LogP contribution in [0.2, 0.25) is 0 Å². The molecule has 14 heavy (non-hydrogen) atoms. The molecule has 0 aliphatic rings. The van der Waals surface area contributed by atoms with Gasteiger partial charge >= 0.3 is 5.82 Å². The third kappa shape index (κ3) is 2.57. The summed E-state index contributed by atoms with van der Waals surface area (Å²) in [7, 11) is 0. The highest BCUT2D eigenvalue weighted by Gasteiger charge is 2.17. The van der Waals surface area contributed by atoms with E-state index in [0.29, 0.717) is 17.4 Å². The summed E-state index contributed by atoms with van der Waals surface area (Å²) in [5, 5.41) is 14.2. The molecule has 0 saturated carbocycles. The summed E-state index contributed by atoms with van der Waals surface area (Å²) < 4.78 is 1.91. The normalized spacial score (nSPS) is 9.71. The molecular weight excluding hydrogens is 250 g/mol. The molecule has 1 heterocycles. The Morgan fingerprint density at radius 2 is 2.50 bits per heavy atom. The average Bonchev–Trinajstić information content (AvgIpc) is 2.47. The van der Waals surface area contributed by atoms with Gasteiger partial charge in [-0.25, -0.2) is 0 Å². The lowest BCUT2D eigenvalue weighted by Crippen LogP contribution is -1.99. The number of hydrogen-bond acceptors (Lipinski definition) is 3. The van der Waals surface area contributed by atoms with Crippen molar-refractivity contribution in [2.75, 3.05) is 0 Å². The van der Waals surface area contributed by atoms with Crippen LogP contribution in [0.5, 0.6) is 0 Å². The highest BCUT2D eigenvalue weighted by molar-refractivity contribution is 9.10. The van der Waals surface area contributed by atoms with E-state index < -0.39 is 4.92 Å². The molecule has 1 aromatic heterocycles. The van der Waals surface area contributed by atoms with Crippen molar-refractivity contribution in [3.05, 3.63) is 20.8 Å². The van der Waals surface area contributed by atoms with E-state index in [1.54, 1.807) is 6.20 Å². The fourth-order valence-electron chi connectivity index (χ4n) is 0.968. The maximum absolute atomic E-state index is 10.4. The predicted octanol–water partition coefficient (Wildman–Crippen LogP) is 1.97. The summed E-state index contributed by atoms with van der Waals surface area (Å²) in [6.07, 6.45) is 8.07. The maximum Gasteiger partial charge on any atom is 0.404 e. The van der Waals surface area contributed by atoms with Gasteiger partial charge in [0.25, 0.3) is 0 Å². The molecule has 0 bridgehead atoms. The minimum Gasteiger partial charge on any atom is -0.358 e. The van der Waals surface area contributed by atoms with Crippen molar-refractivity contribution in [2.45, 2.75) is 19.4 Å². The van der Waals surface area contributed by atoms with Crippen LogP contribution in [0.1, 0.15) is 12.8 Å². The molecule has 0 aromatic carbocycles. The molecule has 1 aromatic rings. The van der Waals surface area contributed by atoms with Gasteiger partial charge in [-0.3, -0.25) is 0 Å². The van der Waals surface area contributed by atoms with Gasteiger partial charge in [-0.15, -0.1) is 12.3 Å². The Labute approximate surface area is 89.4 Å². The molecule has 0 atom stereocenters. The molecule has 6 heteroatoms. The first-order valence-corrected chi connectivity index (χ1v) is 4.75. The molecule has 74 valence electrons. The van der Waals surface area contributed by atoms with Gasteiger partial charge in [0, 0.05) is 6.42 Å². The Morgan fingerprint density at radius 3 is 3.00 bits per heavy atom. The van der Waals surface area contributed by atoms with E-state index in [9.17, 15) is 10.1 Å². The monoisotopic (exact) mass is 257 g/mol. The van der Waals surface area contributed by atoms with Crippen molar-refractivity contribution in [3.63, 3.8) is 0 Å². The minimum atomic E-state index is -0.526. The first-order valence-electron chi connectivity index (χ1n) is 3.96. The summed E-state index contributed by atoms with van der Waals surface area (Å²) in [6.45, 7) is 0.594. The zero-order chi connectivity index (χ0) is 10.6. The average molecular weight is 258 g/mol. The summed E-state index contributed by atoms with van der Waals surface area (Å²) in [4.78, 5) is 9.91. The molecule has 0 N–H and O–H groups in total. The molecule has 1 rings (SSSR count). The minimum absolute atomic E-state index is 0.161. The molecule has 5 nitrogen and oxygen atoms in total. The third-order valence-electron chi connectivity index (χ3n) is 1.58. The van der Waals surface area contributed by atoms with E-state index in [4.69, 9.17) is 6.42 Å². The number of nitro groups is 1. The molecule has 0 saturated heterocycles. The number of hydrogen-bond donors (Lipinski definition) is 0. The van der Waals surface area contributed by atoms with E-state index in [1.807, 2.05) is 0 Å². The zero-order valence-electron chi connectivity index (χ0n) is 7.31. The van der Waals surface area contributed by atoms with Crippen molar-refractivity contribution in [3.8, 4) is 12.3 Å². The predicted molar refractivity (Wildman–Crippen MR) is 54.6 cm³/mol. The fraction of sp³-hybridized carbons (Fsp3) is 0.375. The van der Waals surface area contributed by atoms with Crippen molar-refractivity contribution in [1.82, 2.24) is 9.78 Å². The summed E-state index contributed by atoms with van der Waals surface area (Å²) >= 11 is 3.06. The number of halogens is 1. The van der Waals surface area contributed by atoms with Crippen LogP contribution in [0.15, 0.2) is 10.7 Å². The van der Waals surface area contributed by atoms with Crippen LogP contribution < -0.4 is 0 Å². The van der Waals surface area contributed by atoms with Crippen LogP contribution in [-0.4, -0.2) is 14.7 Å². The molecule has 0 amide bonds. The molecule has 0 radical (unpaired) electrons. The number of aromatic nitrogens is 2. The number of rotatable bonds is 4. The van der Waals surface area contributed by atoms with Gasteiger partial charge in [-0.2, -0.15) is 4.68 Å². The van der Waals surface area contributed by atoms with E-state index >= 15 is 0 Å². The second-order valence-corrected chi connectivity index (χ2v) is 3.48. The molecule has 0 unspecified atom stereocenters. The van der Waals surface area contributed by atoms with Crippen molar-refractivity contribution >= 4 is 21.7 Å². The van der Waals surface area contributed by atoms with E-state index in [1.165, 1.54) is 4.68 Å². The van der Waals surface area contributed by atoms with Crippen LogP contribution in [0, 0.1) is 22.5 Å². The highest BCUT2D eigenvalue weighted by atomic mass is 79.9. The lowest BCUT2D eigenvalue weighted by atomic mass is 10.3. The Hall–Kier alpha value is -1.35. The topological polar surface area (TPSA) is 61.0 Å². The van der Waals surface area contributed by atoms with Crippen LogP contribution in [0.4, 0.5) is 5.82 Å². The van der Waals surface area contributed by atoms with Gasteiger partial charge in [-0.1, -0.05) is 0 Å². The molecule has 0 spiro atoms. The van der Waals surface area contributed by atoms with Crippen LogP contribution in [0.25, 0.3) is 0 Å². The number of aryl methyl sites for hydroxylation is 1. The molecular formula is C8H8BrN3O2. The van der Waals surface area contributed by atoms with Crippen LogP contribution >= 0.6 is 15.9 Å². The Bertz CT molecular complexity index is 380. The van der Waals surface area contributed by atoms with Gasteiger partial charge in [-0.05, 0) is 27.3 Å². The van der Waals surface area contributed by atoms with Gasteiger partial charge < -0.3 is 10.1 Å². The molecule has 0 aliphatic carbocycles. The summed E-state index contributed by atoms with van der Waals surface area (Å²) in [5.74, 6) is 2.33. The van der Waals surface area contributed by atoms with Crippen molar-refractivity contribution in [1.29, 1.82) is 0 Å². The molecule has 0 aliphatic heterocycles. The SMILES string of the molecule is C#CCCCn1cc(Br)c([N+](=O)[O-])n1. The van der Waals surface area contributed by atoms with Gasteiger partial charge in [0.1, 0.15) is 4.47 Å². The Morgan fingerprint density at radius 1 is 1.79 bits per heavy atom. The first kappa shape index (κ1) is 10.7. The number of unbranched alkanes of at least 4 members (excludes halogenated alkanes) is 1. The maximum atomic E-state index is 10.4. The quantitative estimate of drug-likeness (QED) is 0.359. The van der Waals surface area contributed by atoms with Crippen molar-refractivity contribution < 1.29 is 4.92 Å². The number of nitrogens with zero attached hydrogens (tertiary/aromatic N) is 3. The first-order chi connectivity index (χ1) is 6.65. The summed E-state index contributed by atoms with van der Waals surface area (Å²) in [5.41, 5.74) is 0. The van der Waals surface area contributed by atoms with Crippen LogP contribution in [0.3, 0.4) is 0 Å². The third-order valence-corrected chi connectivity index (χ3v) is 2.14. The Kier molecular flexibility index (Phi) is 3.65. The lowest BCUT2D eigenvalue weighted by molar-refractivity contribution is -0.390. The van der Waals surface area contributed by atoms with Gasteiger partial charge in [0.2, 0.25) is 0 Å². The highest BCUT2D eigenvalue weighted by Crippen LogP contribution is 2.21. The van der Waals surface area contributed by atoms with E-state index in [2.05, 4.69) is 26.9 Å². The van der Waals surface area contributed by atoms with Crippen LogP contribution in [-0.2, 0) is 6.54 Å².